The molecule has 1 N–H and O–H groups in total. The molecule has 2 rings (SSSR count). The van der Waals surface area contributed by atoms with Gasteiger partial charge in [-0.25, -0.2) is 0 Å². The van der Waals surface area contributed by atoms with E-state index >= 15 is 0 Å². The van der Waals surface area contributed by atoms with Gasteiger partial charge in [-0.15, -0.1) is 0 Å². The Bertz CT molecular complexity index is 799. The van der Waals surface area contributed by atoms with Gasteiger partial charge in [0.2, 0.25) is 5.70 Å². The van der Waals surface area contributed by atoms with Gasteiger partial charge >= 0.3 is 0 Å². The van der Waals surface area contributed by atoms with Gasteiger partial charge in [-0.3, -0.25) is 10.1 Å². The topological polar surface area (TPSA) is 72.6 Å². The lowest BCUT2D eigenvalue weighted by atomic mass is 9.84. The molecule has 1 atom stereocenters. The second-order valence-electron chi connectivity index (χ2n) is 9.45. The van der Waals surface area contributed by atoms with E-state index in [2.05, 4.69) is 13.8 Å². The van der Waals surface area contributed by atoms with Gasteiger partial charge in [-0.1, -0.05) is 39.0 Å². The fraction of sp³-hybridized carbons (Fsp3) is 0.692. The summed E-state index contributed by atoms with van der Waals surface area (Å²) in [6, 6.07) is 0. The van der Waals surface area contributed by atoms with Gasteiger partial charge in [0.1, 0.15) is 17.1 Å². The van der Waals surface area contributed by atoms with Crippen LogP contribution in [0.5, 0.6) is 11.5 Å². The van der Waals surface area contributed by atoms with Crippen molar-refractivity contribution in [3.05, 3.63) is 44.1 Å². The summed E-state index contributed by atoms with van der Waals surface area (Å²) in [6.07, 6.45) is 13.5. The van der Waals surface area contributed by atoms with Crippen molar-refractivity contribution < 1.29 is 14.8 Å². The Morgan fingerprint density at radius 1 is 1.10 bits per heavy atom. The number of fused-ring (bicyclic) bond motifs is 1. The van der Waals surface area contributed by atoms with Crippen LogP contribution in [0.2, 0.25) is 0 Å². The van der Waals surface area contributed by atoms with E-state index in [1.54, 1.807) is 0 Å². The summed E-state index contributed by atoms with van der Waals surface area (Å²) in [5, 5.41) is 21.7. The van der Waals surface area contributed by atoms with Crippen LogP contribution in [0.1, 0.15) is 107 Å². The van der Waals surface area contributed by atoms with Crippen LogP contribution in [-0.2, 0) is 6.42 Å². The number of benzene rings is 1. The predicted octanol–water partition coefficient (Wildman–Crippen LogP) is 7.48. The van der Waals surface area contributed by atoms with Crippen LogP contribution in [0.3, 0.4) is 0 Å². The number of nitro groups is 1. The summed E-state index contributed by atoms with van der Waals surface area (Å²) < 4.78 is 6.47. The Hall–Kier alpha value is -2.04. The van der Waals surface area contributed by atoms with Gasteiger partial charge in [0.05, 0.1) is 4.92 Å². The van der Waals surface area contributed by atoms with Crippen LogP contribution < -0.4 is 4.74 Å². The molecule has 0 fully saturated rings. The first-order valence-corrected chi connectivity index (χ1v) is 12.0. The fourth-order valence-corrected chi connectivity index (χ4v) is 4.57. The van der Waals surface area contributed by atoms with Gasteiger partial charge in [0.15, 0.2) is 0 Å². The lowest BCUT2D eigenvalue weighted by molar-refractivity contribution is -0.428. The number of hydrogen-bond acceptors (Lipinski definition) is 4. The Morgan fingerprint density at radius 2 is 1.77 bits per heavy atom. The molecule has 1 aliphatic rings. The van der Waals surface area contributed by atoms with Crippen molar-refractivity contribution in [3.63, 3.8) is 0 Å². The van der Waals surface area contributed by atoms with Gasteiger partial charge < -0.3 is 9.84 Å². The quantitative estimate of drug-likeness (QED) is 0.211. The van der Waals surface area contributed by atoms with E-state index in [0.29, 0.717) is 24.3 Å². The maximum atomic E-state index is 11.4. The highest BCUT2D eigenvalue weighted by Crippen LogP contribution is 2.44. The largest absolute Gasteiger partial charge is 0.507 e. The highest BCUT2D eigenvalue weighted by atomic mass is 16.6. The molecule has 0 aromatic heterocycles. The maximum absolute atomic E-state index is 11.4. The van der Waals surface area contributed by atoms with Crippen molar-refractivity contribution in [2.45, 2.75) is 117 Å². The van der Waals surface area contributed by atoms with Gasteiger partial charge in [-0.2, -0.15) is 0 Å². The third-order valence-electron chi connectivity index (χ3n) is 6.90. The zero-order chi connectivity index (χ0) is 23.0. The normalized spacial score (nSPS) is 18.5. The van der Waals surface area contributed by atoms with Crippen molar-refractivity contribution >= 4 is 0 Å². The van der Waals surface area contributed by atoms with Crippen molar-refractivity contribution in [2.24, 2.45) is 0 Å². The summed E-state index contributed by atoms with van der Waals surface area (Å²) in [7, 11) is 0. The van der Waals surface area contributed by atoms with Crippen LogP contribution in [0.15, 0.2) is 11.8 Å². The minimum Gasteiger partial charge on any atom is -0.507 e. The SMILES string of the molecule is CCCCCCCCC(=CCCCC1(C)CCc2c(C)c(O)c(C)c(C)c2O1)[N+](=O)[O-]. The molecule has 0 saturated heterocycles. The number of ether oxygens (including phenoxy) is 1. The molecule has 1 unspecified atom stereocenters. The lowest BCUT2D eigenvalue weighted by Crippen LogP contribution is -2.37. The molecule has 31 heavy (non-hydrogen) atoms. The summed E-state index contributed by atoms with van der Waals surface area (Å²) in [6.45, 7) is 10.2. The minimum absolute atomic E-state index is 0.206. The molecule has 1 aliphatic heterocycles. The zero-order valence-electron chi connectivity index (χ0n) is 20.2. The standard InChI is InChI=1S/C26H41NO4/c1-6-7-8-9-10-11-14-22(27(29)30)15-12-13-17-26(5)18-16-23-21(4)24(28)19(2)20(3)25(23)31-26/h15,28H,6-14,16-18H2,1-5H3. The van der Waals surface area contributed by atoms with Crippen LogP contribution >= 0.6 is 0 Å². The molecule has 0 amide bonds. The van der Waals surface area contributed by atoms with Gasteiger partial charge in [-0.05, 0) is 89.0 Å². The molecular formula is C26H41NO4. The maximum Gasteiger partial charge on any atom is 0.242 e. The van der Waals surface area contributed by atoms with Crippen LogP contribution in [0.4, 0.5) is 0 Å². The molecule has 1 aromatic carbocycles. The summed E-state index contributed by atoms with van der Waals surface area (Å²) >= 11 is 0. The molecule has 0 spiro atoms. The Kier molecular flexibility index (Phi) is 9.39. The van der Waals surface area contributed by atoms with E-state index in [-0.39, 0.29) is 10.5 Å². The average molecular weight is 432 g/mol. The number of aromatic hydroxyl groups is 1. The highest BCUT2D eigenvalue weighted by Gasteiger charge is 2.34. The molecule has 174 valence electrons. The molecule has 0 aliphatic carbocycles. The number of hydrogen-bond donors (Lipinski definition) is 1. The number of rotatable bonds is 12. The molecule has 5 nitrogen and oxygen atoms in total. The van der Waals surface area contributed by atoms with Crippen LogP contribution in [0.25, 0.3) is 0 Å². The molecule has 1 heterocycles. The average Bonchev–Trinajstić information content (AvgIpc) is 2.74. The Morgan fingerprint density at radius 3 is 2.45 bits per heavy atom. The van der Waals surface area contributed by atoms with Crippen molar-refractivity contribution in [1.82, 2.24) is 0 Å². The van der Waals surface area contributed by atoms with E-state index in [1.165, 1.54) is 25.7 Å². The van der Waals surface area contributed by atoms with Crippen LogP contribution in [-0.4, -0.2) is 15.6 Å². The van der Waals surface area contributed by atoms with E-state index in [9.17, 15) is 15.2 Å². The van der Waals surface area contributed by atoms with E-state index < -0.39 is 0 Å². The number of nitrogens with zero attached hydrogens (tertiary/aromatic N) is 1. The monoisotopic (exact) mass is 431 g/mol. The van der Waals surface area contributed by atoms with Crippen LogP contribution in [0, 0.1) is 30.9 Å². The smallest absolute Gasteiger partial charge is 0.242 e. The second kappa shape index (κ2) is 11.5. The van der Waals surface area contributed by atoms with Gasteiger partial charge in [0.25, 0.3) is 0 Å². The van der Waals surface area contributed by atoms with Crippen molar-refractivity contribution in [2.75, 3.05) is 0 Å². The first-order valence-electron chi connectivity index (χ1n) is 12.0. The third-order valence-corrected chi connectivity index (χ3v) is 6.90. The molecule has 5 heteroatoms. The second-order valence-corrected chi connectivity index (χ2v) is 9.45. The highest BCUT2D eigenvalue weighted by molar-refractivity contribution is 5.58. The summed E-state index contributed by atoms with van der Waals surface area (Å²) in [5.74, 6) is 1.30. The van der Waals surface area contributed by atoms with E-state index in [0.717, 1.165) is 66.5 Å². The predicted molar refractivity (Wildman–Crippen MR) is 127 cm³/mol. The van der Waals surface area contributed by atoms with Crippen molar-refractivity contribution in [3.8, 4) is 11.5 Å². The number of unbranched alkanes of at least 4 members (excludes halogenated alkanes) is 6. The zero-order valence-corrected chi connectivity index (χ0v) is 20.2. The number of phenolic OH excluding ortho intramolecular Hbond substituents is 1. The Balaban J connectivity index is 1.89. The summed E-state index contributed by atoms with van der Waals surface area (Å²) in [5.41, 5.74) is 4.04. The lowest BCUT2D eigenvalue weighted by Gasteiger charge is -2.38. The Labute approximate surface area is 188 Å². The van der Waals surface area contributed by atoms with Crippen molar-refractivity contribution in [1.29, 1.82) is 0 Å². The number of allylic oxidation sites excluding steroid dienone is 2. The molecular weight excluding hydrogens is 390 g/mol. The fourth-order valence-electron chi connectivity index (χ4n) is 4.57. The third kappa shape index (κ3) is 6.72. The number of phenols is 1. The summed E-state index contributed by atoms with van der Waals surface area (Å²) in [4.78, 5) is 11.2. The van der Waals surface area contributed by atoms with Gasteiger partial charge in [0, 0.05) is 12.0 Å². The van der Waals surface area contributed by atoms with E-state index in [4.69, 9.17) is 4.74 Å². The van der Waals surface area contributed by atoms with E-state index in [1.807, 2.05) is 26.8 Å². The molecule has 1 aromatic rings. The molecule has 0 radical (unpaired) electrons. The first kappa shape index (κ1) is 25.2. The molecule has 0 bridgehead atoms. The molecule has 0 saturated carbocycles. The first-order chi connectivity index (χ1) is 14.7. The minimum atomic E-state index is -0.268.